The number of anilines is 2. The van der Waals surface area contributed by atoms with Gasteiger partial charge in [0.2, 0.25) is 0 Å². The van der Waals surface area contributed by atoms with Crippen LogP contribution in [0.15, 0.2) is 12.1 Å². The molecule has 0 saturated carbocycles. The number of nitrogens with zero attached hydrogens (tertiary/aromatic N) is 2. The van der Waals surface area contributed by atoms with E-state index in [1.165, 1.54) is 0 Å². The first-order valence-corrected chi connectivity index (χ1v) is 6.23. The number of carbonyl (C=O) groups is 1. The number of amides is 1. The quantitative estimate of drug-likeness (QED) is 0.814. The molecule has 0 radical (unpaired) electrons. The predicted molar refractivity (Wildman–Crippen MR) is 72.9 cm³/mol. The first-order chi connectivity index (χ1) is 8.49. The highest BCUT2D eigenvalue weighted by molar-refractivity contribution is 7.08. The standard InChI is InChI=1S/C12H14N4OS/c1-6-4-9(13)10(5-7(6)2)14-12(17)11-8(3)15-16-18-11/h4-5H,13H2,1-3H3,(H,14,17). The summed E-state index contributed by atoms with van der Waals surface area (Å²) in [5.41, 5.74) is 9.87. The Morgan fingerprint density at radius 2 is 1.94 bits per heavy atom. The molecule has 0 bridgehead atoms. The molecular weight excluding hydrogens is 248 g/mol. The van der Waals surface area contributed by atoms with E-state index in [1.807, 2.05) is 26.0 Å². The number of hydrogen-bond acceptors (Lipinski definition) is 5. The van der Waals surface area contributed by atoms with Crippen molar-refractivity contribution >= 4 is 28.8 Å². The molecule has 2 rings (SSSR count). The van der Waals surface area contributed by atoms with E-state index in [-0.39, 0.29) is 5.91 Å². The fraction of sp³-hybridized carbons (Fsp3) is 0.250. The number of nitrogens with one attached hydrogen (secondary N) is 1. The highest BCUT2D eigenvalue weighted by atomic mass is 32.1. The summed E-state index contributed by atoms with van der Waals surface area (Å²) in [5, 5.41) is 6.60. The SMILES string of the molecule is Cc1cc(N)c(NC(=O)c2snnc2C)cc1C. The van der Waals surface area contributed by atoms with Gasteiger partial charge in [-0.2, -0.15) is 0 Å². The van der Waals surface area contributed by atoms with E-state index < -0.39 is 0 Å². The number of carbonyl (C=O) groups excluding carboxylic acids is 1. The third-order valence-electron chi connectivity index (χ3n) is 2.77. The Labute approximate surface area is 109 Å². The van der Waals surface area contributed by atoms with E-state index >= 15 is 0 Å². The fourth-order valence-corrected chi connectivity index (χ4v) is 2.12. The third-order valence-corrected chi connectivity index (χ3v) is 3.60. The van der Waals surface area contributed by atoms with Gasteiger partial charge in [-0.25, -0.2) is 0 Å². The van der Waals surface area contributed by atoms with Gasteiger partial charge in [0, 0.05) is 0 Å². The molecule has 1 heterocycles. The molecule has 1 aromatic heterocycles. The molecule has 0 atom stereocenters. The highest BCUT2D eigenvalue weighted by Gasteiger charge is 2.14. The molecule has 6 heteroatoms. The lowest BCUT2D eigenvalue weighted by Crippen LogP contribution is -2.13. The van der Waals surface area contributed by atoms with Crippen molar-refractivity contribution < 1.29 is 4.79 Å². The fourth-order valence-electron chi connectivity index (χ4n) is 1.57. The van der Waals surface area contributed by atoms with Crippen molar-refractivity contribution in [1.29, 1.82) is 0 Å². The molecule has 5 nitrogen and oxygen atoms in total. The van der Waals surface area contributed by atoms with Crippen LogP contribution < -0.4 is 11.1 Å². The first-order valence-electron chi connectivity index (χ1n) is 5.46. The average molecular weight is 262 g/mol. The molecule has 3 N–H and O–H groups in total. The second kappa shape index (κ2) is 4.73. The third kappa shape index (κ3) is 2.33. The van der Waals surface area contributed by atoms with Crippen LogP contribution in [0.1, 0.15) is 26.5 Å². The molecule has 2 aromatic rings. The molecule has 94 valence electrons. The van der Waals surface area contributed by atoms with Gasteiger partial charge in [-0.3, -0.25) is 4.79 Å². The maximum absolute atomic E-state index is 12.0. The number of nitrogens with two attached hydrogens (primary N) is 1. The minimum absolute atomic E-state index is 0.225. The monoisotopic (exact) mass is 262 g/mol. The summed E-state index contributed by atoms with van der Waals surface area (Å²) in [6.45, 7) is 5.71. The Morgan fingerprint density at radius 1 is 1.28 bits per heavy atom. The maximum Gasteiger partial charge on any atom is 0.269 e. The zero-order chi connectivity index (χ0) is 13.3. The number of aromatic nitrogens is 2. The lowest BCUT2D eigenvalue weighted by molar-refractivity contribution is 0.103. The molecule has 0 aliphatic heterocycles. The molecule has 0 saturated heterocycles. The maximum atomic E-state index is 12.0. The normalized spacial score (nSPS) is 10.4. The van der Waals surface area contributed by atoms with E-state index in [4.69, 9.17) is 5.73 Å². The van der Waals surface area contributed by atoms with Crippen LogP contribution in [0.4, 0.5) is 11.4 Å². The summed E-state index contributed by atoms with van der Waals surface area (Å²) >= 11 is 1.08. The van der Waals surface area contributed by atoms with E-state index in [0.717, 1.165) is 22.7 Å². The second-order valence-electron chi connectivity index (χ2n) is 4.17. The largest absolute Gasteiger partial charge is 0.397 e. The Hall–Kier alpha value is -1.95. The second-order valence-corrected chi connectivity index (χ2v) is 4.92. The van der Waals surface area contributed by atoms with E-state index in [9.17, 15) is 4.79 Å². The van der Waals surface area contributed by atoms with Gasteiger partial charge < -0.3 is 11.1 Å². The number of benzene rings is 1. The van der Waals surface area contributed by atoms with Crippen molar-refractivity contribution in [2.45, 2.75) is 20.8 Å². The van der Waals surface area contributed by atoms with E-state index in [1.54, 1.807) is 6.92 Å². The number of hydrogen-bond donors (Lipinski definition) is 2. The molecular formula is C12H14N4OS. The molecule has 1 amide bonds. The Morgan fingerprint density at radius 3 is 2.56 bits per heavy atom. The molecule has 0 aliphatic rings. The van der Waals surface area contributed by atoms with E-state index in [0.29, 0.717) is 21.9 Å². The predicted octanol–water partition coefficient (Wildman–Crippen LogP) is 2.30. The van der Waals surface area contributed by atoms with Crippen LogP contribution in [0, 0.1) is 20.8 Å². The molecule has 0 aliphatic carbocycles. The average Bonchev–Trinajstić information content (AvgIpc) is 2.72. The first kappa shape index (κ1) is 12.5. The van der Waals surface area contributed by atoms with Crippen LogP contribution in [0.3, 0.4) is 0 Å². The van der Waals surface area contributed by atoms with Crippen LogP contribution >= 0.6 is 11.5 Å². The Bertz CT molecular complexity index is 606. The zero-order valence-electron chi connectivity index (χ0n) is 10.4. The van der Waals surface area contributed by atoms with Gasteiger partial charge >= 0.3 is 0 Å². The van der Waals surface area contributed by atoms with Crippen molar-refractivity contribution in [1.82, 2.24) is 9.59 Å². The van der Waals surface area contributed by atoms with Crippen molar-refractivity contribution in [2.24, 2.45) is 0 Å². The summed E-state index contributed by atoms with van der Waals surface area (Å²) in [7, 11) is 0. The van der Waals surface area contributed by atoms with Gasteiger partial charge in [0.1, 0.15) is 4.88 Å². The van der Waals surface area contributed by atoms with Gasteiger partial charge in [-0.15, -0.1) is 5.10 Å². The minimum Gasteiger partial charge on any atom is -0.397 e. The summed E-state index contributed by atoms with van der Waals surface area (Å²) in [6, 6.07) is 3.72. The summed E-state index contributed by atoms with van der Waals surface area (Å²) < 4.78 is 3.74. The van der Waals surface area contributed by atoms with Gasteiger partial charge in [-0.1, -0.05) is 4.49 Å². The van der Waals surface area contributed by atoms with Crippen LogP contribution in [0.2, 0.25) is 0 Å². The number of rotatable bonds is 2. The highest BCUT2D eigenvalue weighted by Crippen LogP contribution is 2.24. The molecule has 18 heavy (non-hydrogen) atoms. The van der Waals surface area contributed by atoms with Gasteiger partial charge in [0.25, 0.3) is 5.91 Å². The van der Waals surface area contributed by atoms with Gasteiger partial charge in [-0.05, 0) is 55.6 Å². The molecule has 0 spiro atoms. The lowest BCUT2D eigenvalue weighted by atomic mass is 10.1. The summed E-state index contributed by atoms with van der Waals surface area (Å²) in [4.78, 5) is 12.5. The molecule has 0 fully saturated rings. The van der Waals surface area contributed by atoms with Gasteiger partial charge in [0.05, 0.1) is 17.1 Å². The summed E-state index contributed by atoms with van der Waals surface area (Å²) in [6.07, 6.45) is 0. The zero-order valence-corrected chi connectivity index (χ0v) is 11.3. The Balaban J connectivity index is 2.28. The topological polar surface area (TPSA) is 80.9 Å². The Kier molecular flexibility index (Phi) is 3.29. The number of nitrogen functional groups attached to an aromatic ring is 1. The summed E-state index contributed by atoms with van der Waals surface area (Å²) in [5.74, 6) is -0.225. The van der Waals surface area contributed by atoms with Crippen molar-refractivity contribution in [3.8, 4) is 0 Å². The smallest absolute Gasteiger partial charge is 0.269 e. The van der Waals surface area contributed by atoms with Crippen molar-refractivity contribution in [2.75, 3.05) is 11.1 Å². The number of aryl methyl sites for hydroxylation is 3. The van der Waals surface area contributed by atoms with E-state index in [2.05, 4.69) is 14.9 Å². The molecule has 1 aromatic carbocycles. The van der Waals surface area contributed by atoms with Crippen LogP contribution in [-0.4, -0.2) is 15.5 Å². The van der Waals surface area contributed by atoms with Crippen LogP contribution in [0.5, 0.6) is 0 Å². The van der Waals surface area contributed by atoms with Crippen LogP contribution in [0.25, 0.3) is 0 Å². The van der Waals surface area contributed by atoms with Gasteiger partial charge in [0.15, 0.2) is 0 Å². The van der Waals surface area contributed by atoms with Crippen molar-refractivity contribution in [3.63, 3.8) is 0 Å². The lowest BCUT2D eigenvalue weighted by Gasteiger charge is -2.10. The molecule has 0 unspecified atom stereocenters. The van der Waals surface area contributed by atoms with Crippen LogP contribution in [-0.2, 0) is 0 Å². The minimum atomic E-state index is -0.225. The van der Waals surface area contributed by atoms with Crippen molar-refractivity contribution in [3.05, 3.63) is 33.8 Å².